The first-order chi connectivity index (χ1) is 29.8. The highest BCUT2D eigenvalue weighted by Crippen LogP contribution is 2.57. The van der Waals surface area contributed by atoms with Crippen molar-refractivity contribution >= 4 is 27.8 Å². The van der Waals surface area contributed by atoms with Gasteiger partial charge in [0.05, 0.1) is 5.41 Å². The zero-order chi connectivity index (χ0) is 39.9. The summed E-state index contributed by atoms with van der Waals surface area (Å²) >= 11 is 0. The number of nitrogens with zero attached hydrogens (tertiary/aromatic N) is 1. The van der Waals surface area contributed by atoms with Gasteiger partial charge in [0.25, 0.3) is 0 Å². The SMILES string of the molecule is c1ccc(-c2ccc(-c3ccc(N(c4ccc(-c5cccc6ccccc56)cc4)c4ccc5c(c4)C(c4ccccc4)(c4ccccc4)c4ccccc4-5)cc3)cc2)cc1. The van der Waals surface area contributed by atoms with Gasteiger partial charge in [0.2, 0.25) is 0 Å². The lowest BCUT2D eigenvalue weighted by atomic mass is 9.67. The summed E-state index contributed by atoms with van der Waals surface area (Å²) in [5, 5.41) is 2.50. The molecule has 0 amide bonds. The number of fused-ring (bicyclic) bond motifs is 4. The molecule has 0 atom stereocenters. The molecule has 0 aromatic heterocycles. The molecular weight excluding hydrogens is 723 g/mol. The van der Waals surface area contributed by atoms with Gasteiger partial charge in [0.15, 0.2) is 0 Å². The summed E-state index contributed by atoms with van der Waals surface area (Å²) in [4.78, 5) is 2.42. The van der Waals surface area contributed by atoms with Crippen LogP contribution in [0.5, 0.6) is 0 Å². The Morgan fingerprint density at radius 1 is 0.267 bits per heavy atom. The molecule has 60 heavy (non-hydrogen) atoms. The van der Waals surface area contributed by atoms with E-state index in [1.165, 1.54) is 77.5 Å². The molecule has 0 spiro atoms. The van der Waals surface area contributed by atoms with Crippen LogP contribution in [-0.2, 0) is 5.41 Å². The molecule has 0 heterocycles. The standard InChI is InChI=1S/C59H41N/c1-4-15-42(16-5-1)43-27-29-44(30-28-43)45-31-35-50(36-32-45)60(51-37-33-47(34-38-51)54-25-14-18-46-17-10-11-23-53(46)54)52-39-40-56-55-24-12-13-26-57(55)59(58(56)41-52,48-19-6-2-7-20-48)49-21-8-3-9-22-49/h1-41H. The van der Waals surface area contributed by atoms with Gasteiger partial charge >= 0.3 is 0 Å². The number of anilines is 3. The number of rotatable bonds is 8. The van der Waals surface area contributed by atoms with E-state index in [-0.39, 0.29) is 0 Å². The minimum Gasteiger partial charge on any atom is -0.310 e. The normalized spacial score (nSPS) is 12.5. The molecule has 0 saturated carbocycles. The van der Waals surface area contributed by atoms with Crippen molar-refractivity contribution in [1.29, 1.82) is 0 Å². The van der Waals surface area contributed by atoms with Gasteiger partial charge in [0.1, 0.15) is 0 Å². The molecule has 1 heteroatoms. The van der Waals surface area contributed by atoms with E-state index in [0.29, 0.717) is 0 Å². The molecule has 10 aromatic carbocycles. The lowest BCUT2D eigenvalue weighted by Crippen LogP contribution is -2.28. The smallest absolute Gasteiger partial charge is 0.0714 e. The van der Waals surface area contributed by atoms with E-state index in [1.54, 1.807) is 0 Å². The average Bonchev–Trinajstić information content (AvgIpc) is 3.63. The Balaban J connectivity index is 1.07. The summed E-state index contributed by atoms with van der Waals surface area (Å²) in [7, 11) is 0. The van der Waals surface area contributed by atoms with E-state index in [2.05, 4.69) is 254 Å². The van der Waals surface area contributed by atoms with Gasteiger partial charge in [-0.1, -0.05) is 212 Å². The fraction of sp³-hybridized carbons (Fsp3) is 0.0169. The zero-order valence-corrected chi connectivity index (χ0v) is 33.1. The Morgan fingerprint density at radius 2 is 0.700 bits per heavy atom. The summed E-state index contributed by atoms with van der Waals surface area (Å²) in [5.41, 5.74) is 17.7. The molecule has 0 fully saturated rings. The molecule has 282 valence electrons. The third-order valence-corrected chi connectivity index (χ3v) is 12.4. The first kappa shape index (κ1) is 35.4. The van der Waals surface area contributed by atoms with Crippen LogP contribution in [0.15, 0.2) is 249 Å². The molecule has 0 bridgehead atoms. The second-order valence-electron chi connectivity index (χ2n) is 15.7. The summed E-state index contributed by atoms with van der Waals surface area (Å²) in [6.07, 6.45) is 0. The van der Waals surface area contributed by atoms with Gasteiger partial charge in [0, 0.05) is 17.1 Å². The van der Waals surface area contributed by atoms with Crippen LogP contribution >= 0.6 is 0 Å². The van der Waals surface area contributed by atoms with Crippen molar-refractivity contribution < 1.29 is 0 Å². The highest BCUT2D eigenvalue weighted by Gasteiger charge is 2.46. The van der Waals surface area contributed by atoms with Crippen LogP contribution in [0.3, 0.4) is 0 Å². The Bertz CT molecular complexity index is 3050. The van der Waals surface area contributed by atoms with Crippen LogP contribution in [0.2, 0.25) is 0 Å². The Hall–Kier alpha value is -7.74. The van der Waals surface area contributed by atoms with E-state index in [1.807, 2.05) is 0 Å². The van der Waals surface area contributed by atoms with E-state index >= 15 is 0 Å². The molecule has 0 N–H and O–H groups in total. The second-order valence-corrected chi connectivity index (χ2v) is 15.7. The maximum absolute atomic E-state index is 2.45. The van der Waals surface area contributed by atoms with E-state index < -0.39 is 5.41 Å². The quantitative estimate of drug-likeness (QED) is 0.149. The second kappa shape index (κ2) is 14.9. The summed E-state index contributed by atoms with van der Waals surface area (Å²) in [6.45, 7) is 0. The molecule has 0 radical (unpaired) electrons. The van der Waals surface area contributed by atoms with Gasteiger partial charge in [-0.25, -0.2) is 0 Å². The van der Waals surface area contributed by atoms with Crippen molar-refractivity contribution in [3.8, 4) is 44.5 Å². The zero-order valence-electron chi connectivity index (χ0n) is 33.1. The molecule has 1 aliphatic rings. The van der Waals surface area contributed by atoms with Crippen molar-refractivity contribution in [1.82, 2.24) is 0 Å². The van der Waals surface area contributed by atoms with Gasteiger partial charge in [-0.3, -0.25) is 0 Å². The Morgan fingerprint density at radius 3 is 1.33 bits per heavy atom. The van der Waals surface area contributed by atoms with Crippen LogP contribution in [-0.4, -0.2) is 0 Å². The molecule has 10 aromatic rings. The molecule has 1 nitrogen and oxygen atoms in total. The number of hydrogen-bond donors (Lipinski definition) is 0. The number of hydrogen-bond acceptors (Lipinski definition) is 1. The lowest BCUT2D eigenvalue weighted by molar-refractivity contribution is 0.768. The first-order valence-corrected chi connectivity index (χ1v) is 20.8. The van der Waals surface area contributed by atoms with Crippen molar-refractivity contribution in [2.45, 2.75) is 5.41 Å². The Kier molecular flexibility index (Phi) is 8.79. The monoisotopic (exact) mass is 763 g/mol. The van der Waals surface area contributed by atoms with Gasteiger partial charge < -0.3 is 4.90 Å². The predicted molar refractivity (Wildman–Crippen MR) is 252 cm³/mol. The van der Waals surface area contributed by atoms with Crippen molar-refractivity contribution in [2.75, 3.05) is 4.90 Å². The van der Waals surface area contributed by atoms with E-state index in [9.17, 15) is 0 Å². The molecule has 11 rings (SSSR count). The first-order valence-electron chi connectivity index (χ1n) is 20.8. The van der Waals surface area contributed by atoms with Crippen LogP contribution < -0.4 is 4.90 Å². The highest BCUT2D eigenvalue weighted by atomic mass is 15.1. The average molecular weight is 764 g/mol. The van der Waals surface area contributed by atoms with Gasteiger partial charge in [-0.15, -0.1) is 0 Å². The van der Waals surface area contributed by atoms with Crippen LogP contribution in [0.25, 0.3) is 55.3 Å². The maximum Gasteiger partial charge on any atom is 0.0714 e. The largest absolute Gasteiger partial charge is 0.310 e. The fourth-order valence-corrected chi connectivity index (χ4v) is 9.57. The summed E-state index contributed by atoms with van der Waals surface area (Å²) in [5.74, 6) is 0. The Labute approximate surface area is 352 Å². The minimum atomic E-state index is -0.496. The van der Waals surface area contributed by atoms with Gasteiger partial charge in [-0.2, -0.15) is 0 Å². The lowest BCUT2D eigenvalue weighted by Gasteiger charge is -2.35. The molecule has 0 unspecified atom stereocenters. The van der Waals surface area contributed by atoms with E-state index in [4.69, 9.17) is 0 Å². The minimum absolute atomic E-state index is 0.496. The van der Waals surface area contributed by atoms with Crippen molar-refractivity contribution in [3.05, 3.63) is 271 Å². The molecule has 1 aliphatic carbocycles. The van der Waals surface area contributed by atoms with Crippen molar-refractivity contribution in [2.24, 2.45) is 0 Å². The third-order valence-electron chi connectivity index (χ3n) is 12.4. The maximum atomic E-state index is 2.45. The predicted octanol–water partition coefficient (Wildman–Crippen LogP) is 15.7. The number of benzene rings is 10. The molecular formula is C59H41N. The third kappa shape index (κ3) is 5.94. The van der Waals surface area contributed by atoms with Crippen molar-refractivity contribution in [3.63, 3.8) is 0 Å². The van der Waals surface area contributed by atoms with E-state index in [0.717, 1.165) is 17.1 Å². The summed E-state index contributed by atoms with van der Waals surface area (Å²) < 4.78 is 0. The summed E-state index contributed by atoms with van der Waals surface area (Å²) in [6, 6.07) is 91.0. The topological polar surface area (TPSA) is 3.24 Å². The van der Waals surface area contributed by atoms with Gasteiger partial charge in [-0.05, 0) is 114 Å². The molecule has 0 aliphatic heterocycles. The van der Waals surface area contributed by atoms with Crippen LogP contribution in [0.1, 0.15) is 22.3 Å². The highest BCUT2D eigenvalue weighted by molar-refractivity contribution is 5.97. The van der Waals surface area contributed by atoms with Crippen LogP contribution in [0.4, 0.5) is 17.1 Å². The molecule has 0 saturated heterocycles. The van der Waals surface area contributed by atoms with Crippen LogP contribution in [0, 0.1) is 0 Å². The fourth-order valence-electron chi connectivity index (χ4n) is 9.57.